The van der Waals surface area contributed by atoms with Gasteiger partial charge < -0.3 is 10.6 Å². The predicted molar refractivity (Wildman–Crippen MR) is 67.7 cm³/mol. The van der Waals surface area contributed by atoms with Gasteiger partial charge >= 0.3 is 6.03 Å². The van der Waals surface area contributed by atoms with Crippen molar-refractivity contribution in [2.45, 2.75) is 19.9 Å². The third-order valence-electron chi connectivity index (χ3n) is 2.36. The van der Waals surface area contributed by atoms with Crippen molar-refractivity contribution in [3.05, 3.63) is 21.9 Å². The van der Waals surface area contributed by atoms with E-state index in [0.717, 1.165) is 6.54 Å². The normalized spacial score (nSPS) is 10.5. The van der Waals surface area contributed by atoms with E-state index in [0.29, 0.717) is 6.54 Å². The van der Waals surface area contributed by atoms with Gasteiger partial charge in [0.15, 0.2) is 0 Å². The third-order valence-corrected chi connectivity index (χ3v) is 3.37. The lowest BCUT2D eigenvalue weighted by atomic mass is 10.3. The van der Waals surface area contributed by atoms with E-state index in [2.05, 4.69) is 18.4 Å². The molecule has 0 unspecified atom stereocenters. The number of nitrogens with zero attached hydrogens (tertiary/aromatic N) is 1. The molecular formula is C11H17N3O2S. The molecule has 1 rings (SSSR count). The molecule has 0 saturated heterocycles. The van der Waals surface area contributed by atoms with E-state index in [1.54, 1.807) is 11.3 Å². The molecule has 0 aromatic carbocycles. The summed E-state index contributed by atoms with van der Waals surface area (Å²) < 4.78 is 0. The van der Waals surface area contributed by atoms with Crippen LogP contribution in [0.3, 0.4) is 0 Å². The fraction of sp³-hybridized carbons (Fsp3) is 0.455. The van der Waals surface area contributed by atoms with Gasteiger partial charge in [-0.2, -0.15) is 0 Å². The summed E-state index contributed by atoms with van der Waals surface area (Å²) >= 11 is 1.71. The van der Waals surface area contributed by atoms with Crippen molar-refractivity contribution in [1.82, 2.24) is 10.2 Å². The molecule has 0 saturated carbocycles. The second-order valence-corrected chi connectivity index (χ2v) is 4.93. The quantitative estimate of drug-likeness (QED) is 0.826. The highest BCUT2D eigenvalue weighted by Crippen LogP contribution is 2.17. The molecule has 1 heterocycles. The summed E-state index contributed by atoms with van der Waals surface area (Å²) in [7, 11) is 1.94. The number of amides is 3. The maximum Gasteiger partial charge on any atom is 0.318 e. The van der Waals surface area contributed by atoms with Crippen molar-refractivity contribution >= 4 is 23.3 Å². The number of nitrogens with one attached hydrogen (secondary N) is 1. The van der Waals surface area contributed by atoms with Gasteiger partial charge in [-0.05, 0) is 31.0 Å². The lowest BCUT2D eigenvalue weighted by Gasteiger charge is -2.15. The number of hydrogen-bond acceptors (Lipinski definition) is 4. The molecule has 1 aromatic heterocycles. The first-order valence-electron chi connectivity index (χ1n) is 5.30. The zero-order chi connectivity index (χ0) is 12.8. The molecule has 5 nitrogen and oxygen atoms in total. The van der Waals surface area contributed by atoms with E-state index in [9.17, 15) is 9.59 Å². The highest BCUT2D eigenvalue weighted by Gasteiger charge is 2.08. The summed E-state index contributed by atoms with van der Waals surface area (Å²) in [6.07, 6.45) is 0.268. The number of urea groups is 1. The van der Waals surface area contributed by atoms with Crippen molar-refractivity contribution in [2.24, 2.45) is 5.73 Å². The van der Waals surface area contributed by atoms with Gasteiger partial charge in [-0.1, -0.05) is 0 Å². The number of primary amides is 1. The summed E-state index contributed by atoms with van der Waals surface area (Å²) in [5.41, 5.74) is 6.11. The molecular weight excluding hydrogens is 238 g/mol. The van der Waals surface area contributed by atoms with E-state index in [4.69, 9.17) is 5.73 Å². The number of rotatable bonds is 5. The first-order valence-corrected chi connectivity index (χ1v) is 6.18. The van der Waals surface area contributed by atoms with Crippen molar-refractivity contribution in [3.8, 4) is 0 Å². The van der Waals surface area contributed by atoms with Gasteiger partial charge in [0, 0.05) is 24.4 Å². The Labute approximate surface area is 105 Å². The first kappa shape index (κ1) is 13.7. The van der Waals surface area contributed by atoms with Crippen LogP contribution in [0.1, 0.15) is 16.9 Å². The average Bonchev–Trinajstić information content (AvgIpc) is 2.61. The van der Waals surface area contributed by atoms with Crippen molar-refractivity contribution in [1.29, 1.82) is 0 Å². The van der Waals surface area contributed by atoms with Crippen LogP contribution >= 0.6 is 11.3 Å². The van der Waals surface area contributed by atoms with Gasteiger partial charge in [-0.15, -0.1) is 11.3 Å². The van der Waals surface area contributed by atoms with Crippen LogP contribution in [0, 0.1) is 6.92 Å². The third kappa shape index (κ3) is 4.97. The molecule has 94 valence electrons. The molecule has 0 bridgehead atoms. The first-order chi connectivity index (χ1) is 7.99. The summed E-state index contributed by atoms with van der Waals surface area (Å²) in [4.78, 5) is 25.0. The van der Waals surface area contributed by atoms with Crippen LogP contribution in [-0.2, 0) is 11.3 Å². The van der Waals surface area contributed by atoms with E-state index in [-0.39, 0.29) is 12.3 Å². The average molecular weight is 255 g/mol. The van der Waals surface area contributed by atoms with Crippen molar-refractivity contribution in [3.63, 3.8) is 0 Å². The summed E-state index contributed by atoms with van der Waals surface area (Å²) in [6, 6.07) is 1.28. The van der Waals surface area contributed by atoms with Crippen molar-refractivity contribution in [2.75, 3.05) is 13.6 Å². The van der Waals surface area contributed by atoms with E-state index < -0.39 is 6.03 Å². The zero-order valence-electron chi connectivity index (χ0n) is 10.0. The van der Waals surface area contributed by atoms with Gasteiger partial charge in [0.25, 0.3) is 0 Å². The van der Waals surface area contributed by atoms with Crippen molar-refractivity contribution < 1.29 is 9.59 Å². The van der Waals surface area contributed by atoms with Crippen LogP contribution in [0.15, 0.2) is 11.4 Å². The van der Waals surface area contributed by atoms with Gasteiger partial charge in [-0.3, -0.25) is 10.1 Å². The lowest BCUT2D eigenvalue weighted by molar-refractivity contribution is -0.120. The molecule has 0 spiro atoms. The Balaban J connectivity index is 2.31. The highest BCUT2D eigenvalue weighted by molar-refractivity contribution is 7.10. The molecule has 0 fully saturated rings. The van der Waals surface area contributed by atoms with Gasteiger partial charge in [-0.25, -0.2) is 4.79 Å². The number of carbonyl (C=O) groups excluding carboxylic acids is 2. The number of nitrogens with two attached hydrogens (primary N) is 1. The Bertz CT molecular complexity index is 403. The zero-order valence-corrected chi connectivity index (χ0v) is 10.8. The maximum atomic E-state index is 11.2. The number of hydrogen-bond donors (Lipinski definition) is 2. The van der Waals surface area contributed by atoms with Crippen LogP contribution < -0.4 is 11.1 Å². The summed E-state index contributed by atoms with van der Waals surface area (Å²) in [5.74, 6) is -0.341. The van der Waals surface area contributed by atoms with Crippen LogP contribution in [0.2, 0.25) is 0 Å². The van der Waals surface area contributed by atoms with Crippen LogP contribution in [-0.4, -0.2) is 30.4 Å². The second kappa shape index (κ2) is 6.36. The lowest BCUT2D eigenvalue weighted by Crippen LogP contribution is -2.36. The molecule has 0 aliphatic heterocycles. The Kier molecular flexibility index (Phi) is 5.11. The number of aryl methyl sites for hydroxylation is 1. The van der Waals surface area contributed by atoms with E-state index >= 15 is 0 Å². The Morgan fingerprint density at radius 3 is 2.76 bits per heavy atom. The molecule has 0 radical (unpaired) electrons. The summed E-state index contributed by atoms with van der Waals surface area (Å²) in [5, 5.41) is 4.10. The minimum absolute atomic E-state index is 0.268. The molecule has 3 N–H and O–H groups in total. The minimum atomic E-state index is -0.799. The molecule has 3 amide bonds. The highest BCUT2D eigenvalue weighted by atomic mass is 32.1. The van der Waals surface area contributed by atoms with Gasteiger partial charge in [0.05, 0.1) is 0 Å². The monoisotopic (exact) mass is 255 g/mol. The Morgan fingerprint density at radius 2 is 2.24 bits per heavy atom. The minimum Gasteiger partial charge on any atom is -0.351 e. The maximum absolute atomic E-state index is 11.2. The predicted octanol–water partition coefficient (Wildman–Crippen LogP) is 1.07. The number of imide groups is 1. The SMILES string of the molecule is Cc1ccsc1CN(C)CCC(=O)NC(N)=O. The number of carbonyl (C=O) groups is 2. The molecule has 0 atom stereocenters. The smallest absolute Gasteiger partial charge is 0.318 e. The van der Waals surface area contributed by atoms with E-state index in [1.807, 2.05) is 17.3 Å². The second-order valence-electron chi connectivity index (χ2n) is 3.93. The standard InChI is InChI=1S/C11H17N3O2S/c1-8-4-6-17-9(8)7-14(2)5-3-10(15)13-11(12)16/h4,6H,3,5,7H2,1-2H3,(H3,12,13,15,16). The molecule has 6 heteroatoms. The van der Waals surface area contributed by atoms with Gasteiger partial charge in [0.1, 0.15) is 0 Å². The molecule has 17 heavy (non-hydrogen) atoms. The number of thiophene rings is 1. The molecule has 0 aliphatic carbocycles. The Hall–Kier alpha value is -1.40. The van der Waals surface area contributed by atoms with Gasteiger partial charge in [0.2, 0.25) is 5.91 Å². The fourth-order valence-electron chi connectivity index (χ4n) is 1.38. The van der Waals surface area contributed by atoms with Crippen LogP contribution in [0.4, 0.5) is 4.79 Å². The van der Waals surface area contributed by atoms with E-state index in [1.165, 1.54) is 10.4 Å². The molecule has 1 aromatic rings. The van der Waals surface area contributed by atoms with Crippen LogP contribution in [0.5, 0.6) is 0 Å². The Morgan fingerprint density at radius 1 is 1.53 bits per heavy atom. The fourth-order valence-corrected chi connectivity index (χ4v) is 2.37. The topological polar surface area (TPSA) is 75.4 Å². The largest absolute Gasteiger partial charge is 0.351 e. The molecule has 0 aliphatic rings. The van der Waals surface area contributed by atoms with Crippen LogP contribution in [0.25, 0.3) is 0 Å². The summed E-state index contributed by atoms with van der Waals surface area (Å²) in [6.45, 7) is 3.48.